The van der Waals surface area contributed by atoms with Gasteiger partial charge in [0.15, 0.2) is 6.17 Å². The second-order valence-corrected chi connectivity index (χ2v) is 4.88. The second-order valence-electron chi connectivity index (χ2n) is 4.88. The summed E-state index contributed by atoms with van der Waals surface area (Å²) in [6.07, 6.45) is -1.58. The summed E-state index contributed by atoms with van der Waals surface area (Å²) < 4.78 is 0. The molecule has 0 aliphatic carbocycles. The quantitative estimate of drug-likeness (QED) is 0.564. The van der Waals surface area contributed by atoms with Crippen LogP contribution >= 0.6 is 0 Å². The van der Waals surface area contributed by atoms with Gasteiger partial charge in [-0.25, -0.2) is 0 Å². The fourth-order valence-corrected chi connectivity index (χ4v) is 2.42. The Balaban J connectivity index is 0.00000180. The van der Waals surface area contributed by atoms with Gasteiger partial charge >= 0.3 is 51.4 Å². The van der Waals surface area contributed by atoms with E-state index in [0.29, 0.717) is 15.7 Å². The molecular weight excluding hydrogens is 275 g/mol. The molecule has 0 saturated carbocycles. The molecule has 0 radical (unpaired) electrons. The largest absolute Gasteiger partial charge is 1.00 e. The molecule has 2 rings (SSSR count). The molecule has 1 aliphatic rings. The first kappa shape index (κ1) is 17.2. The van der Waals surface area contributed by atoms with Crippen molar-refractivity contribution in [1.82, 2.24) is 10.1 Å². The number of carbonyl (C=O) groups is 1. The Labute approximate surface area is 154 Å². The van der Waals surface area contributed by atoms with Crippen molar-refractivity contribution >= 4 is 5.97 Å². The van der Waals surface area contributed by atoms with Gasteiger partial charge in [-0.1, -0.05) is 30.3 Å². The maximum Gasteiger partial charge on any atom is 1.00 e. The minimum absolute atomic E-state index is 0. The van der Waals surface area contributed by atoms with Crippen LogP contribution in [-0.4, -0.2) is 38.2 Å². The van der Waals surface area contributed by atoms with Gasteiger partial charge < -0.3 is 20.3 Å². The zero-order chi connectivity index (χ0) is 13.5. The van der Waals surface area contributed by atoms with Gasteiger partial charge in [0.2, 0.25) is 0 Å². The maximum atomic E-state index is 11.0. The van der Waals surface area contributed by atoms with Gasteiger partial charge in [0, 0.05) is 0 Å². The third kappa shape index (κ3) is 2.94. The smallest absolute Gasteiger partial charge is 0.547 e. The predicted molar refractivity (Wildman–Crippen MR) is 59.3 cm³/mol. The van der Waals surface area contributed by atoms with Crippen molar-refractivity contribution in [1.29, 1.82) is 0 Å². The summed E-state index contributed by atoms with van der Waals surface area (Å²) in [7, 11) is 0. The van der Waals surface area contributed by atoms with E-state index in [1.807, 2.05) is 6.07 Å². The number of rotatable bonds is 2. The van der Waals surface area contributed by atoms with Crippen LogP contribution in [0.2, 0.25) is 0 Å². The summed E-state index contributed by atoms with van der Waals surface area (Å²) >= 11 is 0. The Hall–Kier alpha value is 0.166. The molecular formula is C12H15KN2O4. The molecule has 98 valence electrons. The summed E-state index contributed by atoms with van der Waals surface area (Å²) in [6.45, 7) is 3.30. The van der Waals surface area contributed by atoms with Crippen LogP contribution < -0.4 is 56.5 Å². The maximum absolute atomic E-state index is 11.0. The molecule has 0 amide bonds. The number of benzene rings is 1. The Morgan fingerprint density at radius 2 is 1.79 bits per heavy atom. The summed E-state index contributed by atoms with van der Waals surface area (Å²) in [6, 6.07) is 8.26. The molecule has 19 heavy (non-hydrogen) atoms. The molecule has 1 fully saturated rings. The molecule has 2 atom stereocenters. The standard InChI is InChI=1S/C12H16N2O4.K/c1-12(2)9(8-6-4-3-5-7-8)13(17)10(11(15)16)14(12)18;/h3-7,9-10,17-18H,1-2H3,(H,15,16);/q;+1/p-1. The number of hydroxylamine groups is 4. The second kappa shape index (κ2) is 6.29. The molecule has 0 bridgehead atoms. The van der Waals surface area contributed by atoms with E-state index < -0.39 is 23.7 Å². The number of carboxylic acids is 1. The van der Waals surface area contributed by atoms with Gasteiger partial charge in [-0.15, -0.1) is 0 Å². The predicted octanol–water partition coefficient (Wildman–Crippen LogP) is -3.02. The molecule has 0 spiro atoms. The van der Waals surface area contributed by atoms with Crippen molar-refractivity contribution in [2.45, 2.75) is 31.6 Å². The fraction of sp³-hybridized carbons (Fsp3) is 0.417. The van der Waals surface area contributed by atoms with Crippen LogP contribution in [0.3, 0.4) is 0 Å². The molecule has 1 aliphatic heterocycles. The van der Waals surface area contributed by atoms with E-state index in [9.17, 15) is 20.3 Å². The monoisotopic (exact) mass is 290 g/mol. The van der Waals surface area contributed by atoms with E-state index in [1.54, 1.807) is 38.1 Å². The number of carbonyl (C=O) groups excluding carboxylic acids is 1. The zero-order valence-corrected chi connectivity index (χ0v) is 14.3. The molecule has 7 heteroatoms. The van der Waals surface area contributed by atoms with Crippen LogP contribution in [0.1, 0.15) is 25.5 Å². The molecule has 2 unspecified atom stereocenters. The van der Waals surface area contributed by atoms with Crippen molar-refractivity contribution in [2.24, 2.45) is 0 Å². The van der Waals surface area contributed by atoms with Gasteiger partial charge in [-0.3, -0.25) is 0 Å². The number of carboxylic acid groups (broad SMARTS) is 1. The first-order valence-electron chi connectivity index (χ1n) is 5.58. The number of nitrogens with zero attached hydrogens (tertiary/aromatic N) is 2. The van der Waals surface area contributed by atoms with Crippen molar-refractivity contribution in [2.75, 3.05) is 0 Å². The molecule has 0 aromatic heterocycles. The average molecular weight is 290 g/mol. The van der Waals surface area contributed by atoms with Crippen LogP contribution in [0.15, 0.2) is 30.3 Å². The molecule has 1 saturated heterocycles. The normalized spacial score (nSPS) is 26.9. The summed E-state index contributed by atoms with van der Waals surface area (Å²) in [5, 5.41) is 32.1. The Morgan fingerprint density at radius 1 is 1.26 bits per heavy atom. The molecule has 6 nitrogen and oxygen atoms in total. The summed E-state index contributed by atoms with van der Waals surface area (Å²) in [4.78, 5) is 11.0. The average Bonchev–Trinajstić information content (AvgIpc) is 2.46. The number of aliphatic carboxylic acids is 1. The first-order valence-corrected chi connectivity index (χ1v) is 5.58. The topological polar surface area (TPSA) is 87.1 Å². The van der Waals surface area contributed by atoms with Gasteiger partial charge in [0.25, 0.3) is 0 Å². The van der Waals surface area contributed by atoms with Crippen LogP contribution in [0.5, 0.6) is 0 Å². The minimum Gasteiger partial charge on any atom is -0.547 e. The van der Waals surface area contributed by atoms with Crippen LogP contribution in [-0.2, 0) is 4.79 Å². The fourth-order valence-electron chi connectivity index (χ4n) is 2.42. The Morgan fingerprint density at radius 3 is 2.21 bits per heavy atom. The van der Waals surface area contributed by atoms with Gasteiger partial charge in [-0.2, -0.15) is 10.1 Å². The first-order chi connectivity index (χ1) is 8.37. The molecule has 1 aromatic carbocycles. The van der Waals surface area contributed by atoms with Gasteiger partial charge in [0.1, 0.15) is 0 Å². The van der Waals surface area contributed by atoms with E-state index in [-0.39, 0.29) is 51.4 Å². The molecule has 1 aromatic rings. The Kier molecular flexibility index (Phi) is 5.70. The molecule has 2 N–H and O–H groups in total. The van der Waals surface area contributed by atoms with Crippen molar-refractivity contribution in [3.05, 3.63) is 35.9 Å². The van der Waals surface area contributed by atoms with Crippen molar-refractivity contribution in [3.63, 3.8) is 0 Å². The Bertz CT molecular complexity index is 454. The van der Waals surface area contributed by atoms with Gasteiger partial charge in [-0.05, 0) is 19.4 Å². The van der Waals surface area contributed by atoms with Gasteiger partial charge in [0.05, 0.1) is 17.6 Å². The van der Waals surface area contributed by atoms with Crippen LogP contribution in [0, 0.1) is 0 Å². The third-order valence-corrected chi connectivity index (χ3v) is 3.33. The van der Waals surface area contributed by atoms with Crippen LogP contribution in [0.25, 0.3) is 0 Å². The van der Waals surface area contributed by atoms with E-state index in [1.165, 1.54) is 0 Å². The summed E-state index contributed by atoms with van der Waals surface area (Å²) in [5.41, 5.74) is -0.242. The number of hydrogen-bond acceptors (Lipinski definition) is 6. The van der Waals surface area contributed by atoms with E-state index in [4.69, 9.17) is 0 Å². The third-order valence-electron chi connectivity index (χ3n) is 3.33. The van der Waals surface area contributed by atoms with Crippen LogP contribution in [0.4, 0.5) is 0 Å². The minimum atomic E-state index is -1.58. The number of hydrogen-bond donors (Lipinski definition) is 2. The zero-order valence-electron chi connectivity index (χ0n) is 11.1. The van der Waals surface area contributed by atoms with Crippen molar-refractivity contribution < 1.29 is 71.7 Å². The molecule has 1 heterocycles. The van der Waals surface area contributed by atoms with Crippen molar-refractivity contribution in [3.8, 4) is 0 Å². The van der Waals surface area contributed by atoms with E-state index in [0.717, 1.165) is 0 Å². The van der Waals surface area contributed by atoms with E-state index >= 15 is 0 Å². The SMILES string of the molecule is CC1(C)C(c2ccccc2)N(O)C(C(=O)[O-])N1O.[K+]. The summed E-state index contributed by atoms with van der Waals surface area (Å²) in [5.74, 6) is -1.55. The van der Waals surface area contributed by atoms with E-state index in [2.05, 4.69) is 0 Å².